The average molecular weight is 299 g/mol. The van der Waals surface area contributed by atoms with Gasteiger partial charge in [-0.15, -0.1) is 0 Å². The van der Waals surface area contributed by atoms with Gasteiger partial charge in [-0.3, -0.25) is 14.9 Å². The van der Waals surface area contributed by atoms with Crippen LogP contribution < -0.4 is 16.4 Å². The normalized spacial score (nSPS) is 19.1. The fraction of sp³-hybridized carbons (Fsp3) is 0.867. The Morgan fingerprint density at radius 2 is 2.00 bits per heavy atom. The van der Waals surface area contributed by atoms with Crippen LogP contribution in [0.3, 0.4) is 0 Å². The lowest BCUT2D eigenvalue weighted by molar-refractivity contribution is -0.153. The summed E-state index contributed by atoms with van der Waals surface area (Å²) in [6.45, 7) is 6.20. The molecule has 0 aromatic heterocycles. The van der Waals surface area contributed by atoms with Crippen molar-refractivity contribution < 1.29 is 14.3 Å². The highest BCUT2D eigenvalue weighted by Gasteiger charge is 2.52. The van der Waals surface area contributed by atoms with Crippen LogP contribution in [0.4, 0.5) is 0 Å². The molecule has 0 spiro atoms. The molecular weight excluding hydrogens is 270 g/mol. The van der Waals surface area contributed by atoms with E-state index in [1.54, 1.807) is 7.05 Å². The Bertz CT molecular complexity index is 369. The number of rotatable bonds is 10. The van der Waals surface area contributed by atoms with E-state index in [4.69, 9.17) is 10.5 Å². The molecule has 1 aliphatic rings. The Labute approximate surface area is 127 Å². The summed E-state index contributed by atoms with van der Waals surface area (Å²) < 4.78 is 5.30. The molecule has 4 N–H and O–H groups in total. The summed E-state index contributed by atoms with van der Waals surface area (Å²) in [5, 5.41) is 6.31. The number of esters is 1. The standard InChI is InChI=1S/C15H29N3O3/c1-5-21-14(20)15(11-6-7-11,18-10(2)3)9-8-12(17-4)13(16)19/h10-12,17-18H,5-9H2,1-4H3,(H2,16,19). The van der Waals surface area contributed by atoms with Crippen molar-refractivity contribution in [3.05, 3.63) is 0 Å². The molecule has 0 bridgehead atoms. The number of hydrogen-bond donors (Lipinski definition) is 3. The number of likely N-dealkylation sites (N-methyl/N-ethyl adjacent to an activating group) is 1. The minimum atomic E-state index is -0.700. The molecule has 6 nitrogen and oxygen atoms in total. The molecule has 1 aliphatic carbocycles. The predicted molar refractivity (Wildman–Crippen MR) is 81.6 cm³/mol. The van der Waals surface area contributed by atoms with Crippen molar-refractivity contribution in [3.8, 4) is 0 Å². The molecule has 2 atom stereocenters. The molecule has 1 saturated carbocycles. The second-order valence-electron chi connectivity index (χ2n) is 6.05. The highest BCUT2D eigenvalue weighted by Crippen LogP contribution is 2.43. The van der Waals surface area contributed by atoms with Gasteiger partial charge in [-0.1, -0.05) is 0 Å². The van der Waals surface area contributed by atoms with E-state index in [1.807, 2.05) is 20.8 Å². The smallest absolute Gasteiger partial charge is 0.326 e. The number of primary amides is 1. The Balaban J connectivity index is 2.88. The van der Waals surface area contributed by atoms with E-state index in [1.165, 1.54) is 0 Å². The van der Waals surface area contributed by atoms with Gasteiger partial charge in [-0.25, -0.2) is 0 Å². The molecule has 0 heterocycles. The van der Waals surface area contributed by atoms with Crippen molar-refractivity contribution >= 4 is 11.9 Å². The fourth-order valence-electron chi connectivity index (χ4n) is 2.87. The van der Waals surface area contributed by atoms with Crippen molar-refractivity contribution in [1.82, 2.24) is 10.6 Å². The second-order valence-corrected chi connectivity index (χ2v) is 6.05. The third-order valence-electron chi connectivity index (χ3n) is 3.98. The van der Waals surface area contributed by atoms with Crippen molar-refractivity contribution in [2.75, 3.05) is 13.7 Å². The van der Waals surface area contributed by atoms with Gasteiger partial charge >= 0.3 is 5.97 Å². The van der Waals surface area contributed by atoms with Gasteiger partial charge in [0.1, 0.15) is 5.54 Å². The quantitative estimate of drug-likeness (QED) is 0.512. The summed E-state index contributed by atoms with van der Waals surface area (Å²) >= 11 is 0. The van der Waals surface area contributed by atoms with E-state index in [9.17, 15) is 9.59 Å². The lowest BCUT2D eigenvalue weighted by atomic mass is 9.85. The van der Waals surface area contributed by atoms with Crippen LogP contribution in [0, 0.1) is 5.92 Å². The first kappa shape index (κ1) is 17.9. The largest absolute Gasteiger partial charge is 0.465 e. The maximum atomic E-state index is 12.5. The third-order valence-corrected chi connectivity index (χ3v) is 3.98. The van der Waals surface area contributed by atoms with Crippen LogP contribution in [-0.2, 0) is 14.3 Å². The summed E-state index contributed by atoms with van der Waals surface area (Å²) in [6.07, 6.45) is 3.09. The fourth-order valence-corrected chi connectivity index (χ4v) is 2.87. The second kappa shape index (κ2) is 7.75. The summed E-state index contributed by atoms with van der Waals surface area (Å²) in [5.74, 6) is -0.319. The number of amides is 1. The van der Waals surface area contributed by atoms with Crippen molar-refractivity contribution in [3.63, 3.8) is 0 Å². The van der Waals surface area contributed by atoms with E-state index in [2.05, 4.69) is 10.6 Å². The molecule has 122 valence electrons. The van der Waals surface area contributed by atoms with Crippen LogP contribution in [0.15, 0.2) is 0 Å². The van der Waals surface area contributed by atoms with Crippen LogP contribution in [0.25, 0.3) is 0 Å². The Morgan fingerprint density at radius 1 is 1.38 bits per heavy atom. The van der Waals surface area contributed by atoms with E-state index < -0.39 is 17.5 Å². The van der Waals surface area contributed by atoms with Crippen LogP contribution in [0.2, 0.25) is 0 Å². The first-order chi connectivity index (χ1) is 9.87. The number of carbonyl (C=O) groups is 2. The number of carbonyl (C=O) groups excluding carboxylic acids is 2. The first-order valence-corrected chi connectivity index (χ1v) is 7.78. The van der Waals surface area contributed by atoms with E-state index >= 15 is 0 Å². The van der Waals surface area contributed by atoms with E-state index in [0.29, 0.717) is 19.4 Å². The molecule has 0 radical (unpaired) electrons. The Hall–Kier alpha value is -1.14. The molecule has 1 fully saturated rings. The lowest BCUT2D eigenvalue weighted by Gasteiger charge is -2.35. The van der Waals surface area contributed by atoms with Crippen LogP contribution >= 0.6 is 0 Å². The minimum absolute atomic E-state index is 0.164. The Morgan fingerprint density at radius 3 is 2.38 bits per heavy atom. The molecule has 2 unspecified atom stereocenters. The van der Waals surface area contributed by atoms with E-state index in [-0.39, 0.29) is 17.9 Å². The van der Waals surface area contributed by atoms with Gasteiger partial charge in [0, 0.05) is 6.04 Å². The SMILES string of the molecule is CCOC(=O)C(CCC(NC)C(N)=O)(NC(C)C)C1CC1. The Kier molecular flexibility index (Phi) is 6.61. The van der Waals surface area contributed by atoms with Crippen molar-refractivity contribution in [2.24, 2.45) is 11.7 Å². The average Bonchev–Trinajstić information content (AvgIpc) is 3.21. The van der Waals surface area contributed by atoms with Crippen molar-refractivity contribution in [1.29, 1.82) is 0 Å². The van der Waals surface area contributed by atoms with Gasteiger partial charge < -0.3 is 15.8 Å². The molecule has 0 aromatic carbocycles. The van der Waals surface area contributed by atoms with Crippen LogP contribution in [0.1, 0.15) is 46.5 Å². The molecule has 0 aromatic rings. The first-order valence-electron chi connectivity index (χ1n) is 7.78. The summed E-state index contributed by atoms with van der Waals surface area (Å²) in [5.41, 5.74) is 4.67. The van der Waals surface area contributed by atoms with E-state index in [0.717, 1.165) is 12.8 Å². The third kappa shape index (κ3) is 4.68. The number of nitrogens with one attached hydrogen (secondary N) is 2. The maximum Gasteiger partial charge on any atom is 0.326 e. The number of nitrogens with two attached hydrogens (primary N) is 1. The minimum Gasteiger partial charge on any atom is -0.465 e. The molecule has 21 heavy (non-hydrogen) atoms. The van der Waals surface area contributed by atoms with Gasteiger partial charge in [0.15, 0.2) is 0 Å². The van der Waals surface area contributed by atoms with Gasteiger partial charge in [-0.2, -0.15) is 0 Å². The topological polar surface area (TPSA) is 93.4 Å². The monoisotopic (exact) mass is 299 g/mol. The zero-order chi connectivity index (χ0) is 16.0. The molecular formula is C15H29N3O3. The highest BCUT2D eigenvalue weighted by atomic mass is 16.5. The number of ether oxygens (including phenoxy) is 1. The van der Waals surface area contributed by atoms with Crippen molar-refractivity contribution in [2.45, 2.75) is 64.1 Å². The summed E-state index contributed by atoms with van der Waals surface area (Å²) in [6, 6.07) is -0.261. The lowest BCUT2D eigenvalue weighted by Crippen LogP contribution is -2.58. The van der Waals surface area contributed by atoms with Gasteiger partial charge in [0.05, 0.1) is 12.6 Å². The van der Waals surface area contributed by atoms with Gasteiger partial charge in [0.2, 0.25) is 5.91 Å². The zero-order valence-corrected chi connectivity index (χ0v) is 13.6. The molecule has 1 rings (SSSR count). The number of hydrogen-bond acceptors (Lipinski definition) is 5. The zero-order valence-electron chi connectivity index (χ0n) is 13.6. The van der Waals surface area contributed by atoms with Crippen LogP contribution in [-0.4, -0.2) is 43.2 Å². The summed E-state index contributed by atoms with van der Waals surface area (Å²) in [7, 11) is 1.70. The molecule has 1 amide bonds. The maximum absolute atomic E-state index is 12.5. The molecule has 0 saturated heterocycles. The predicted octanol–water partition coefficient (Wildman–Crippen LogP) is 0.550. The van der Waals surface area contributed by atoms with Gasteiger partial charge in [0.25, 0.3) is 0 Å². The summed E-state index contributed by atoms with van der Waals surface area (Å²) in [4.78, 5) is 23.9. The molecule has 6 heteroatoms. The van der Waals surface area contributed by atoms with Crippen LogP contribution in [0.5, 0.6) is 0 Å². The highest BCUT2D eigenvalue weighted by molar-refractivity contribution is 5.83. The van der Waals surface area contributed by atoms with Gasteiger partial charge in [-0.05, 0) is 59.4 Å². The molecule has 0 aliphatic heterocycles.